The van der Waals surface area contributed by atoms with E-state index in [1.165, 1.54) is 0 Å². The van der Waals surface area contributed by atoms with E-state index in [4.69, 9.17) is 5.26 Å². The molecule has 1 aliphatic heterocycles. The average Bonchev–Trinajstić information content (AvgIpc) is 2.61. The van der Waals surface area contributed by atoms with Crippen LogP contribution in [0.2, 0.25) is 0 Å². The van der Waals surface area contributed by atoms with E-state index in [-0.39, 0.29) is 5.54 Å². The van der Waals surface area contributed by atoms with Crippen molar-refractivity contribution < 1.29 is 0 Å². The minimum Gasteiger partial charge on any atom is -0.334 e. The molecule has 0 spiro atoms. The van der Waals surface area contributed by atoms with Gasteiger partial charge in [-0.15, -0.1) is 0 Å². The predicted molar refractivity (Wildman–Crippen MR) is 76.5 cm³/mol. The molecule has 0 amide bonds. The Morgan fingerprint density at radius 3 is 2.82 bits per heavy atom. The minimum atomic E-state index is 0.00602. The van der Waals surface area contributed by atoms with Crippen molar-refractivity contribution in [2.45, 2.75) is 19.4 Å². The maximum atomic E-state index is 8.79. The van der Waals surface area contributed by atoms with Gasteiger partial charge in [0.2, 0.25) is 0 Å². The maximum Gasteiger partial charge on any atom is 0.161 e. The topological polar surface area (TPSA) is 48.2 Å². The molecule has 88 valence electrons. The molecule has 0 aromatic heterocycles. The summed E-state index contributed by atoms with van der Waals surface area (Å²) in [5, 5.41) is 13.0. The van der Waals surface area contributed by atoms with Crippen molar-refractivity contribution in [2.24, 2.45) is 4.99 Å². The first-order valence-electron chi connectivity index (χ1n) is 5.19. The highest BCUT2D eigenvalue weighted by Crippen LogP contribution is 2.30. The Kier molecular flexibility index (Phi) is 3.45. The summed E-state index contributed by atoms with van der Waals surface area (Å²) in [5.41, 5.74) is 1.59. The smallest absolute Gasteiger partial charge is 0.161 e. The van der Waals surface area contributed by atoms with Gasteiger partial charge in [0.25, 0.3) is 0 Å². The molecule has 1 aromatic carbocycles. The van der Waals surface area contributed by atoms with Crippen LogP contribution in [0.15, 0.2) is 27.7 Å². The molecule has 1 aromatic rings. The Bertz CT molecular complexity index is 517. The summed E-state index contributed by atoms with van der Waals surface area (Å²) in [6.07, 6.45) is 0. The molecule has 0 bridgehead atoms. The van der Waals surface area contributed by atoms with Crippen LogP contribution in [0, 0.1) is 11.3 Å². The molecule has 0 atom stereocenters. The van der Waals surface area contributed by atoms with Gasteiger partial charge in [0, 0.05) is 10.2 Å². The van der Waals surface area contributed by atoms with E-state index in [1.54, 1.807) is 23.9 Å². The van der Waals surface area contributed by atoms with Crippen molar-refractivity contribution in [2.75, 3.05) is 11.1 Å². The standard InChI is InChI=1S/C12H12BrN3S/c1-12(2)7-17-11(16-12)15-10-4-3-8(6-14)5-9(10)13/h3-5H,7H2,1-2H3,(H,15,16). The van der Waals surface area contributed by atoms with Crippen LogP contribution in [-0.4, -0.2) is 16.5 Å². The fourth-order valence-corrected chi connectivity index (χ4v) is 2.98. The number of rotatable bonds is 1. The number of halogens is 1. The highest BCUT2D eigenvalue weighted by atomic mass is 79.9. The summed E-state index contributed by atoms with van der Waals surface area (Å²) in [6, 6.07) is 7.58. The van der Waals surface area contributed by atoms with E-state index in [2.05, 4.69) is 46.2 Å². The summed E-state index contributed by atoms with van der Waals surface area (Å²) >= 11 is 5.16. The fourth-order valence-electron chi connectivity index (χ4n) is 1.45. The third kappa shape index (κ3) is 3.02. The normalized spacial score (nSPS) is 17.4. The zero-order valence-electron chi connectivity index (χ0n) is 9.62. The van der Waals surface area contributed by atoms with Gasteiger partial charge < -0.3 is 5.32 Å². The highest BCUT2D eigenvalue weighted by Gasteiger charge is 2.25. The number of amidine groups is 1. The molecule has 0 saturated heterocycles. The number of thioether (sulfide) groups is 1. The number of benzene rings is 1. The Labute approximate surface area is 113 Å². The summed E-state index contributed by atoms with van der Waals surface area (Å²) in [6.45, 7) is 4.23. The van der Waals surface area contributed by atoms with Crippen LogP contribution in [-0.2, 0) is 0 Å². The van der Waals surface area contributed by atoms with Crippen molar-refractivity contribution in [3.05, 3.63) is 28.2 Å². The lowest BCUT2D eigenvalue weighted by molar-refractivity contribution is 0.605. The first-order valence-corrected chi connectivity index (χ1v) is 6.97. The molecule has 1 N–H and O–H groups in total. The van der Waals surface area contributed by atoms with Crippen molar-refractivity contribution in [3.8, 4) is 6.07 Å². The lowest BCUT2D eigenvalue weighted by Crippen LogP contribution is -2.15. The Hall–Kier alpha value is -0.990. The van der Waals surface area contributed by atoms with Gasteiger partial charge in [0.05, 0.1) is 22.9 Å². The molecular formula is C12H12BrN3S. The van der Waals surface area contributed by atoms with Gasteiger partial charge in [-0.3, -0.25) is 4.99 Å². The summed E-state index contributed by atoms with van der Waals surface area (Å²) in [7, 11) is 0. The van der Waals surface area contributed by atoms with Crippen molar-refractivity contribution in [1.29, 1.82) is 5.26 Å². The Morgan fingerprint density at radius 1 is 1.53 bits per heavy atom. The van der Waals surface area contributed by atoms with Crippen molar-refractivity contribution in [3.63, 3.8) is 0 Å². The summed E-state index contributed by atoms with van der Waals surface area (Å²) < 4.78 is 0.879. The van der Waals surface area contributed by atoms with Gasteiger partial charge in [-0.25, -0.2) is 0 Å². The van der Waals surface area contributed by atoms with Crippen molar-refractivity contribution >= 4 is 38.5 Å². The van der Waals surface area contributed by atoms with Gasteiger partial charge >= 0.3 is 0 Å². The molecule has 2 rings (SSSR count). The number of nitriles is 1. The second-order valence-corrected chi connectivity index (χ2v) is 6.27. The van der Waals surface area contributed by atoms with E-state index in [0.717, 1.165) is 21.1 Å². The minimum absolute atomic E-state index is 0.00602. The molecule has 0 fully saturated rings. The second kappa shape index (κ2) is 4.71. The van der Waals surface area contributed by atoms with Gasteiger partial charge in [-0.05, 0) is 48.0 Å². The molecule has 0 unspecified atom stereocenters. The second-order valence-electron chi connectivity index (χ2n) is 4.45. The van der Waals surface area contributed by atoms with Gasteiger partial charge in [0.1, 0.15) is 0 Å². The van der Waals surface area contributed by atoms with Crippen LogP contribution in [0.3, 0.4) is 0 Å². The molecule has 5 heteroatoms. The van der Waals surface area contributed by atoms with Gasteiger partial charge in [0.15, 0.2) is 5.17 Å². The maximum absolute atomic E-state index is 8.79. The lowest BCUT2D eigenvalue weighted by Gasteiger charge is -2.09. The number of aliphatic imine (C=N–C) groups is 1. The quantitative estimate of drug-likeness (QED) is 0.862. The van der Waals surface area contributed by atoms with Crippen LogP contribution < -0.4 is 5.32 Å². The first-order chi connectivity index (χ1) is 8.00. The fraction of sp³-hybridized carbons (Fsp3) is 0.333. The molecule has 1 heterocycles. The third-order valence-corrected chi connectivity index (χ3v) is 4.28. The van der Waals surface area contributed by atoms with E-state index in [0.29, 0.717) is 5.56 Å². The number of hydrogen-bond donors (Lipinski definition) is 1. The molecule has 17 heavy (non-hydrogen) atoms. The van der Waals surface area contributed by atoms with Crippen molar-refractivity contribution in [1.82, 2.24) is 0 Å². The number of anilines is 1. The molecule has 0 radical (unpaired) electrons. The lowest BCUT2D eigenvalue weighted by atomic mass is 10.1. The molecule has 0 aliphatic carbocycles. The van der Waals surface area contributed by atoms with Gasteiger partial charge in [-0.1, -0.05) is 11.8 Å². The Morgan fingerprint density at radius 2 is 2.29 bits per heavy atom. The first kappa shape index (κ1) is 12.5. The van der Waals surface area contributed by atoms with Crippen LogP contribution in [0.4, 0.5) is 5.69 Å². The molecule has 0 saturated carbocycles. The van der Waals surface area contributed by atoms with Crippen LogP contribution in [0.5, 0.6) is 0 Å². The molecule has 3 nitrogen and oxygen atoms in total. The number of hydrogen-bond acceptors (Lipinski definition) is 4. The Balaban J connectivity index is 2.18. The number of nitrogens with zero attached hydrogens (tertiary/aromatic N) is 2. The summed E-state index contributed by atoms with van der Waals surface area (Å²) in [5.74, 6) is 0.989. The van der Waals surface area contributed by atoms with Crippen LogP contribution in [0.1, 0.15) is 19.4 Å². The zero-order chi connectivity index (χ0) is 12.5. The molecule has 1 aliphatic rings. The average molecular weight is 310 g/mol. The van der Waals surface area contributed by atoms with Crippen LogP contribution >= 0.6 is 27.7 Å². The van der Waals surface area contributed by atoms with Gasteiger partial charge in [-0.2, -0.15) is 5.26 Å². The number of nitrogens with one attached hydrogen (secondary N) is 1. The highest BCUT2D eigenvalue weighted by molar-refractivity contribution is 9.10. The molecular weight excluding hydrogens is 298 g/mol. The third-order valence-electron chi connectivity index (χ3n) is 2.31. The van der Waals surface area contributed by atoms with E-state index < -0.39 is 0 Å². The largest absolute Gasteiger partial charge is 0.334 e. The predicted octanol–water partition coefficient (Wildman–Crippen LogP) is 3.61. The zero-order valence-corrected chi connectivity index (χ0v) is 12.0. The SMILES string of the molecule is CC1(C)CSC(Nc2ccc(C#N)cc2Br)=N1. The van der Waals surface area contributed by atoms with E-state index >= 15 is 0 Å². The van der Waals surface area contributed by atoms with E-state index in [1.807, 2.05) is 6.07 Å². The summed E-state index contributed by atoms with van der Waals surface area (Å²) in [4.78, 5) is 4.58. The monoisotopic (exact) mass is 309 g/mol. The van der Waals surface area contributed by atoms with E-state index in [9.17, 15) is 0 Å². The van der Waals surface area contributed by atoms with Crippen LogP contribution in [0.25, 0.3) is 0 Å².